The molecule has 27 heavy (non-hydrogen) atoms. The van der Waals surface area contributed by atoms with E-state index in [9.17, 15) is 10.1 Å². The molecule has 0 saturated heterocycles. The number of benzene rings is 1. The molecule has 0 aliphatic carbocycles. The van der Waals surface area contributed by atoms with E-state index in [4.69, 9.17) is 24.7 Å². The van der Waals surface area contributed by atoms with E-state index in [-0.39, 0.29) is 23.6 Å². The van der Waals surface area contributed by atoms with E-state index in [1.807, 2.05) is 6.07 Å². The zero-order valence-corrected chi connectivity index (χ0v) is 14.7. The Bertz CT molecular complexity index is 1040. The maximum absolute atomic E-state index is 12.1. The summed E-state index contributed by atoms with van der Waals surface area (Å²) < 4.78 is 17.3. The van der Waals surface area contributed by atoms with Crippen molar-refractivity contribution < 1.29 is 23.8 Å². The third-order valence-electron chi connectivity index (χ3n) is 4.09. The summed E-state index contributed by atoms with van der Waals surface area (Å²) in [5.74, 6) is 0.782. The number of esters is 1. The lowest BCUT2D eigenvalue weighted by atomic mass is 10.1. The maximum Gasteiger partial charge on any atom is 0.357 e. The minimum absolute atomic E-state index is 0.0472. The van der Waals surface area contributed by atoms with E-state index in [0.717, 1.165) is 0 Å². The van der Waals surface area contributed by atoms with E-state index in [1.165, 1.54) is 25.0 Å². The van der Waals surface area contributed by atoms with Crippen molar-refractivity contribution in [1.82, 2.24) is 4.57 Å². The largest absolute Gasteiger partial charge is 0.496 e. The molecule has 0 aliphatic heterocycles. The second-order valence-electron chi connectivity index (χ2n) is 5.59. The highest BCUT2D eigenvalue weighted by Gasteiger charge is 2.22. The van der Waals surface area contributed by atoms with Gasteiger partial charge in [-0.25, -0.2) is 4.79 Å². The van der Waals surface area contributed by atoms with E-state index in [2.05, 4.69) is 0 Å². The summed E-state index contributed by atoms with van der Waals surface area (Å²) in [7, 11) is 2.74. The Labute approximate surface area is 154 Å². The SMILES string of the molecule is COC(=O)c1c(N)c(C#N)cn1-c1ccc(-c2ccc(CO)o2)c(OC)c1. The van der Waals surface area contributed by atoms with Crippen LogP contribution in [0.15, 0.2) is 40.9 Å². The first-order valence-corrected chi connectivity index (χ1v) is 7.91. The van der Waals surface area contributed by atoms with Gasteiger partial charge in [0.05, 0.1) is 31.0 Å². The Morgan fingerprint density at radius 1 is 1.33 bits per heavy atom. The quantitative estimate of drug-likeness (QED) is 0.664. The molecule has 3 aromatic rings. The lowest BCUT2D eigenvalue weighted by Gasteiger charge is -2.12. The first-order chi connectivity index (χ1) is 13.0. The van der Waals surface area contributed by atoms with Gasteiger partial charge in [0.2, 0.25) is 0 Å². The fourth-order valence-corrected chi connectivity index (χ4v) is 2.76. The van der Waals surface area contributed by atoms with Crippen molar-refractivity contribution in [2.75, 3.05) is 20.0 Å². The smallest absolute Gasteiger partial charge is 0.357 e. The van der Waals surface area contributed by atoms with Gasteiger partial charge in [0.15, 0.2) is 5.69 Å². The Kier molecular flexibility index (Phi) is 4.88. The second-order valence-corrected chi connectivity index (χ2v) is 5.59. The monoisotopic (exact) mass is 367 g/mol. The molecule has 1 aromatic carbocycles. The first-order valence-electron chi connectivity index (χ1n) is 7.91. The van der Waals surface area contributed by atoms with E-state index < -0.39 is 5.97 Å². The molecule has 0 aliphatic rings. The van der Waals surface area contributed by atoms with Crippen LogP contribution in [0.3, 0.4) is 0 Å². The minimum atomic E-state index is -0.657. The number of nitrogens with zero attached hydrogens (tertiary/aromatic N) is 2. The summed E-state index contributed by atoms with van der Waals surface area (Å²) in [6.07, 6.45) is 1.47. The summed E-state index contributed by atoms with van der Waals surface area (Å²) in [6.45, 7) is -0.206. The Morgan fingerprint density at radius 2 is 2.11 bits per heavy atom. The first kappa shape index (κ1) is 18.1. The van der Waals surface area contributed by atoms with Crippen LogP contribution in [-0.2, 0) is 11.3 Å². The molecule has 8 nitrogen and oxygen atoms in total. The number of furan rings is 1. The number of carbonyl (C=O) groups is 1. The molecule has 0 spiro atoms. The number of rotatable bonds is 5. The normalized spacial score (nSPS) is 10.4. The molecular weight excluding hydrogens is 350 g/mol. The second kappa shape index (κ2) is 7.27. The Morgan fingerprint density at radius 3 is 2.70 bits per heavy atom. The van der Waals surface area contributed by atoms with Crippen LogP contribution in [0, 0.1) is 11.3 Å². The topological polar surface area (TPSA) is 124 Å². The van der Waals surface area contributed by atoms with Crippen molar-refractivity contribution in [3.05, 3.63) is 53.5 Å². The van der Waals surface area contributed by atoms with E-state index in [1.54, 1.807) is 30.3 Å². The van der Waals surface area contributed by atoms with Crippen molar-refractivity contribution in [1.29, 1.82) is 5.26 Å². The highest BCUT2D eigenvalue weighted by Crippen LogP contribution is 2.34. The Hall–Kier alpha value is -3.70. The van der Waals surface area contributed by atoms with Crippen LogP contribution in [0.4, 0.5) is 5.69 Å². The third-order valence-corrected chi connectivity index (χ3v) is 4.09. The van der Waals surface area contributed by atoms with Gasteiger partial charge in [-0.15, -0.1) is 0 Å². The molecule has 0 atom stereocenters. The molecule has 0 radical (unpaired) electrons. The number of anilines is 1. The molecule has 3 N–H and O–H groups in total. The number of hydrogen-bond acceptors (Lipinski definition) is 7. The van der Waals surface area contributed by atoms with Crippen molar-refractivity contribution >= 4 is 11.7 Å². The standard InChI is InChI=1S/C19H17N3O5/c1-25-16-7-12(3-5-14(16)15-6-4-13(10-23)27-15)22-9-11(8-20)17(21)18(22)19(24)26-2/h3-7,9,23H,10,21H2,1-2H3. The van der Waals surface area contributed by atoms with Gasteiger partial charge in [-0.3, -0.25) is 0 Å². The number of methoxy groups -OCH3 is 2. The number of nitrogen functional groups attached to an aromatic ring is 1. The van der Waals surface area contributed by atoms with Gasteiger partial charge in [-0.05, 0) is 24.3 Å². The lowest BCUT2D eigenvalue weighted by Crippen LogP contribution is -2.11. The van der Waals surface area contributed by atoms with Crippen LogP contribution in [0.2, 0.25) is 0 Å². The molecular formula is C19H17N3O5. The van der Waals surface area contributed by atoms with Crippen LogP contribution in [-0.4, -0.2) is 29.9 Å². The average molecular weight is 367 g/mol. The van der Waals surface area contributed by atoms with Gasteiger partial charge < -0.3 is 29.3 Å². The van der Waals surface area contributed by atoms with Gasteiger partial charge in [0, 0.05) is 18.0 Å². The number of hydrogen-bond donors (Lipinski definition) is 2. The number of ether oxygens (including phenoxy) is 2. The zero-order valence-electron chi connectivity index (χ0n) is 14.7. The van der Waals surface area contributed by atoms with Crippen molar-refractivity contribution in [2.45, 2.75) is 6.61 Å². The summed E-state index contributed by atoms with van der Waals surface area (Å²) >= 11 is 0. The fraction of sp³-hybridized carbons (Fsp3) is 0.158. The maximum atomic E-state index is 12.1. The van der Waals surface area contributed by atoms with Gasteiger partial charge >= 0.3 is 5.97 Å². The number of aromatic nitrogens is 1. The summed E-state index contributed by atoms with van der Waals surface area (Å²) in [4.78, 5) is 12.1. The third kappa shape index (κ3) is 3.12. The Balaban J connectivity index is 2.14. The molecule has 0 saturated carbocycles. The summed E-state index contributed by atoms with van der Waals surface area (Å²) in [6, 6.07) is 10.5. The molecule has 3 rings (SSSR count). The van der Waals surface area contributed by atoms with Gasteiger partial charge in [0.1, 0.15) is 29.9 Å². The molecule has 138 valence electrons. The fourth-order valence-electron chi connectivity index (χ4n) is 2.76. The van der Waals surface area contributed by atoms with Gasteiger partial charge in [-0.2, -0.15) is 5.26 Å². The highest BCUT2D eigenvalue weighted by atomic mass is 16.5. The molecule has 0 bridgehead atoms. The van der Waals surface area contributed by atoms with Crippen molar-refractivity contribution in [3.63, 3.8) is 0 Å². The van der Waals surface area contributed by atoms with Crippen LogP contribution in [0.5, 0.6) is 5.75 Å². The lowest BCUT2D eigenvalue weighted by molar-refractivity contribution is 0.0593. The average Bonchev–Trinajstić information content (AvgIpc) is 3.31. The highest BCUT2D eigenvalue weighted by molar-refractivity contribution is 5.96. The van der Waals surface area contributed by atoms with Crippen molar-refractivity contribution in [3.8, 4) is 28.8 Å². The molecule has 0 unspecified atom stereocenters. The number of nitrogens with two attached hydrogens (primary N) is 1. The number of nitriles is 1. The molecule has 2 aromatic heterocycles. The van der Waals surface area contributed by atoms with Crippen LogP contribution in [0.25, 0.3) is 17.0 Å². The summed E-state index contributed by atoms with van der Waals surface area (Å²) in [5, 5.41) is 18.4. The van der Waals surface area contributed by atoms with E-state index in [0.29, 0.717) is 28.5 Å². The number of carbonyl (C=O) groups excluding carboxylic acids is 1. The van der Waals surface area contributed by atoms with Gasteiger partial charge in [-0.1, -0.05) is 0 Å². The van der Waals surface area contributed by atoms with E-state index >= 15 is 0 Å². The predicted molar refractivity (Wildman–Crippen MR) is 96.4 cm³/mol. The molecule has 8 heteroatoms. The summed E-state index contributed by atoms with van der Waals surface area (Å²) in [5.41, 5.74) is 7.42. The van der Waals surface area contributed by atoms with Gasteiger partial charge in [0.25, 0.3) is 0 Å². The van der Waals surface area contributed by atoms with Crippen molar-refractivity contribution in [2.24, 2.45) is 0 Å². The minimum Gasteiger partial charge on any atom is -0.496 e. The molecule has 0 fully saturated rings. The van der Waals surface area contributed by atoms with Crippen LogP contribution < -0.4 is 10.5 Å². The zero-order chi connectivity index (χ0) is 19.6. The predicted octanol–water partition coefficient (Wildman–Crippen LogP) is 2.48. The molecule has 2 heterocycles. The number of aliphatic hydroxyl groups excluding tert-OH is 1. The van der Waals surface area contributed by atoms with Crippen LogP contribution >= 0.6 is 0 Å². The van der Waals surface area contributed by atoms with Crippen LogP contribution in [0.1, 0.15) is 21.8 Å². The molecule has 0 amide bonds. The number of aliphatic hydroxyl groups is 1.